The highest BCUT2D eigenvalue weighted by atomic mass is 16.5. The van der Waals surface area contributed by atoms with Gasteiger partial charge in [-0.1, -0.05) is 17.7 Å². The Labute approximate surface area is 154 Å². The van der Waals surface area contributed by atoms with E-state index in [0.29, 0.717) is 18.8 Å². The first-order valence-electron chi connectivity index (χ1n) is 8.81. The first-order valence-corrected chi connectivity index (χ1v) is 8.81. The first-order chi connectivity index (χ1) is 12.6. The van der Waals surface area contributed by atoms with Crippen LogP contribution in [-0.4, -0.2) is 30.9 Å². The molecule has 0 saturated heterocycles. The summed E-state index contributed by atoms with van der Waals surface area (Å²) in [4.78, 5) is 11.4. The van der Waals surface area contributed by atoms with Crippen molar-refractivity contribution in [3.8, 4) is 17.2 Å². The van der Waals surface area contributed by atoms with Gasteiger partial charge in [0.1, 0.15) is 17.2 Å². The van der Waals surface area contributed by atoms with Crippen molar-refractivity contribution in [2.24, 2.45) is 0 Å². The molecule has 1 atom stereocenters. The van der Waals surface area contributed by atoms with E-state index in [4.69, 9.17) is 14.2 Å². The van der Waals surface area contributed by atoms with Crippen LogP contribution in [0.15, 0.2) is 48.5 Å². The van der Waals surface area contributed by atoms with E-state index in [1.807, 2.05) is 43.3 Å². The molecule has 0 amide bonds. The lowest BCUT2D eigenvalue weighted by atomic mass is 10.1. The maximum absolute atomic E-state index is 11.4. The van der Waals surface area contributed by atoms with Crippen molar-refractivity contribution in [3.63, 3.8) is 0 Å². The lowest BCUT2D eigenvalue weighted by Gasteiger charge is -2.15. The van der Waals surface area contributed by atoms with Crippen LogP contribution in [0, 0.1) is 6.92 Å². The quantitative estimate of drug-likeness (QED) is 0.600. The van der Waals surface area contributed by atoms with Crippen LogP contribution >= 0.6 is 0 Å². The highest BCUT2D eigenvalue weighted by Gasteiger charge is 2.18. The molecule has 5 heteroatoms. The molecule has 140 valence electrons. The molecule has 1 unspecified atom stereocenters. The third-order valence-electron chi connectivity index (χ3n) is 4.01. The number of hydrogen-bond acceptors (Lipinski definition) is 4. The maximum atomic E-state index is 11.4. The van der Waals surface area contributed by atoms with Gasteiger partial charge in [0, 0.05) is 0 Å². The highest BCUT2D eigenvalue weighted by molar-refractivity contribution is 5.72. The van der Waals surface area contributed by atoms with Gasteiger partial charge in [-0.2, -0.15) is 0 Å². The zero-order valence-corrected chi connectivity index (χ0v) is 15.3. The number of rotatable bonds is 11. The number of carboxylic acid groups (broad SMARTS) is 1. The summed E-state index contributed by atoms with van der Waals surface area (Å²) in [6.45, 7) is 2.58. The van der Waals surface area contributed by atoms with E-state index >= 15 is 0 Å². The first kappa shape index (κ1) is 19.6. The van der Waals surface area contributed by atoms with Gasteiger partial charge >= 0.3 is 5.97 Å². The van der Waals surface area contributed by atoms with Gasteiger partial charge in [0.2, 0.25) is 0 Å². The fourth-order valence-electron chi connectivity index (χ4n) is 2.48. The Balaban J connectivity index is 1.65. The molecule has 0 aromatic heterocycles. The number of unbranched alkanes of at least 4 members (excludes halogenated alkanes) is 2. The van der Waals surface area contributed by atoms with Crippen LogP contribution in [0.5, 0.6) is 17.2 Å². The summed E-state index contributed by atoms with van der Waals surface area (Å²) in [6.07, 6.45) is 2.18. The molecule has 2 aromatic carbocycles. The van der Waals surface area contributed by atoms with Crippen LogP contribution < -0.4 is 14.2 Å². The van der Waals surface area contributed by atoms with Crippen molar-refractivity contribution in [3.05, 3.63) is 54.1 Å². The Morgan fingerprint density at radius 3 is 2.15 bits per heavy atom. The summed E-state index contributed by atoms with van der Waals surface area (Å²) in [5.41, 5.74) is 1.11. The SMILES string of the molecule is COc1ccc(OCCCCCC(Oc2ccc(C)cc2)C(=O)O)cc1. The van der Waals surface area contributed by atoms with Crippen LogP contribution in [0.3, 0.4) is 0 Å². The summed E-state index contributed by atoms with van der Waals surface area (Å²) in [5, 5.41) is 9.32. The minimum Gasteiger partial charge on any atom is -0.497 e. The molecule has 26 heavy (non-hydrogen) atoms. The van der Waals surface area contributed by atoms with E-state index in [1.165, 1.54) is 0 Å². The normalized spacial score (nSPS) is 11.6. The van der Waals surface area contributed by atoms with Crippen LogP contribution in [0.2, 0.25) is 0 Å². The lowest BCUT2D eigenvalue weighted by molar-refractivity contribution is -0.145. The Morgan fingerprint density at radius 1 is 0.923 bits per heavy atom. The maximum Gasteiger partial charge on any atom is 0.344 e. The standard InChI is InChI=1S/C21H26O5/c1-16-7-9-19(10-8-16)26-20(21(22)23)6-4-3-5-15-25-18-13-11-17(24-2)12-14-18/h7-14,20H,3-6,15H2,1-2H3,(H,22,23). The highest BCUT2D eigenvalue weighted by Crippen LogP contribution is 2.18. The Hall–Kier alpha value is -2.69. The number of ether oxygens (including phenoxy) is 3. The summed E-state index contributed by atoms with van der Waals surface area (Å²) in [5.74, 6) is 1.26. The van der Waals surface area contributed by atoms with Gasteiger partial charge in [-0.15, -0.1) is 0 Å². The van der Waals surface area contributed by atoms with Crippen molar-refractivity contribution >= 4 is 5.97 Å². The largest absolute Gasteiger partial charge is 0.497 e. The molecule has 0 aliphatic rings. The van der Waals surface area contributed by atoms with Crippen molar-refractivity contribution < 1.29 is 24.1 Å². The second kappa shape index (κ2) is 10.3. The van der Waals surface area contributed by atoms with Crippen molar-refractivity contribution in [2.75, 3.05) is 13.7 Å². The number of aliphatic carboxylic acids is 1. The predicted octanol–water partition coefficient (Wildman–Crippen LogP) is 4.48. The Kier molecular flexibility index (Phi) is 7.80. The molecule has 2 rings (SSSR count). The Bertz CT molecular complexity index is 664. The van der Waals surface area contributed by atoms with Crippen molar-refractivity contribution in [1.29, 1.82) is 0 Å². The van der Waals surface area contributed by atoms with E-state index < -0.39 is 12.1 Å². The molecule has 5 nitrogen and oxygen atoms in total. The second-order valence-electron chi connectivity index (χ2n) is 6.13. The number of methoxy groups -OCH3 is 1. The minimum absolute atomic E-state index is 0.478. The summed E-state index contributed by atoms with van der Waals surface area (Å²) < 4.78 is 16.4. The third kappa shape index (κ3) is 6.67. The average Bonchev–Trinajstić information content (AvgIpc) is 2.65. The van der Waals surface area contributed by atoms with Gasteiger partial charge in [0.15, 0.2) is 6.10 Å². The second-order valence-corrected chi connectivity index (χ2v) is 6.13. The molecule has 0 aliphatic carbocycles. The van der Waals surface area contributed by atoms with Crippen LogP contribution in [0.25, 0.3) is 0 Å². The smallest absolute Gasteiger partial charge is 0.344 e. The molecule has 0 spiro atoms. The zero-order chi connectivity index (χ0) is 18.8. The van der Waals surface area contributed by atoms with Gasteiger partial charge in [-0.3, -0.25) is 0 Å². The number of carbonyl (C=O) groups is 1. The molecule has 1 N–H and O–H groups in total. The molecule has 0 bridgehead atoms. The number of hydrogen-bond donors (Lipinski definition) is 1. The number of carboxylic acids is 1. The molecule has 0 saturated carbocycles. The molecule has 0 aliphatic heterocycles. The van der Waals surface area contributed by atoms with Gasteiger partial charge < -0.3 is 19.3 Å². The molecule has 2 aromatic rings. The summed E-state index contributed by atoms with van der Waals surface area (Å²) in [7, 11) is 1.63. The van der Waals surface area contributed by atoms with Crippen molar-refractivity contribution in [2.45, 2.75) is 38.7 Å². The molecular weight excluding hydrogens is 332 g/mol. The fourth-order valence-corrected chi connectivity index (χ4v) is 2.48. The predicted molar refractivity (Wildman–Crippen MR) is 100 cm³/mol. The third-order valence-corrected chi connectivity index (χ3v) is 4.01. The summed E-state index contributed by atoms with van der Waals surface area (Å²) >= 11 is 0. The molecule has 0 heterocycles. The van der Waals surface area contributed by atoms with E-state index in [0.717, 1.165) is 36.3 Å². The van der Waals surface area contributed by atoms with E-state index in [2.05, 4.69) is 0 Å². The zero-order valence-electron chi connectivity index (χ0n) is 15.3. The molecule has 0 radical (unpaired) electrons. The average molecular weight is 358 g/mol. The van der Waals surface area contributed by atoms with Crippen LogP contribution in [0.1, 0.15) is 31.2 Å². The van der Waals surface area contributed by atoms with Gasteiger partial charge in [0.05, 0.1) is 13.7 Å². The van der Waals surface area contributed by atoms with E-state index in [-0.39, 0.29) is 0 Å². The van der Waals surface area contributed by atoms with Crippen LogP contribution in [0.4, 0.5) is 0 Å². The van der Waals surface area contributed by atoms with Crippen LogP contribution in [-0.2, 0) is 4.79 Å². The van der Waals surface area contributed by atoms with Gasteiger partial charge in [-0.25, -0.2) is 4.79 Å². The van der Waals surface area contributed by atoms with Gasteiger partial charge in [-0.05, 0) is 69.0 Å². The summed E-state index contributed by atoms with van der Waals surface area (Å²) in [6, 6.07) is 14.9. The molecule has 0 fully saturated rings. The minimum atomic E-state index is -0.931. The monoisotopic (exact) mass is 358 g/mol. The molecular formula is C21H26O5. The topological polar surface area (TPSA) is 65.0 Å². The van der Waals surface area contributed by atoms with Crippen molar-refractivity contribution in [1.82, 2.24) is 0 Å². The number of aryl methyl sites for hydroxylation is 1. The van der Waals surface area contributed by atoms with E-state index in [1.54, 1.807) is 19.2 Å². The lowest BCUT2D eigenvalue weighted by Crippen LogP contribution is -2.26. The Morgan fingerprint density at radius 2 is 1.54 bits per heavy atom. The van der Waals surface area contributed by atoms with E-state index in [9.17, 15) is 9.90 Å². The van der Waals surface area contributed by atoms with Gasteiger partial charge in [0.25, 0.3) is 0 Å². The fraction of sp³-hybridized carbons (Fsp3) is 0.381. The number of benzene rings is 2.